The van der Waals surface area contributed by atoms with Crippen LogP contribution in [0.1, 0.15) is 65.5 Å². The lowest BCUT2D eigenvalue weighted by Crippen LogP contribution is -2.57. The van der Waals surface area contributed by atoms with Crippen molar-refractivity contribution in [2.24, 2.45) is 28.6 Å². The molecule has 1 amide bonds. The molecular weight excluding hydrogens is 498 g/mol. The predicted molar refractivity (Wildman–Crippen MR) is 147 cm³/mol. The summed E-state index contributed by atoms with van der Waals surface area (Å²) in [6.07, 6.45) is 0. The molecule has 2 aromatic carbocycles. The molecule has 8 heteroatoms. The van der Waals surface area contributed by atoms with Crippen molar-refractivity contribution in [3.05, 3.63) is 59.7 Å². The molecule has 0 saturated carbocycles. The maximum atomic E-state index is 13.1. The fourth-order valence-corrected chi connectivity index (χ4v) is 5.68. The number of carbonyl (C=O) groups is 4. The number of nitrogens with one attached hydrogen (secondary N) is 1. The lowest BCUT2D eigenvalue weighted by Gasteiger charge is -2.44. The zero-order valence-electron chi connectivity index (χ0n) is 23.6. The summed E-state index contributed by atoms with van der Waals surface area (Å²) < 4.78 is 5.59. The summed E-state index contributed by atoms with van der Waals surface area (Å²) in [4.78, 5) is 50.8. The molecule has 0 saturated heterocycles. The molecule has 1 aliphatic carbocycles. The molecule has 0 radical (unpaired) electrons. The summed E-state index contributed by atoms with van der Waals surface area (Å²) in [5.74, 6) is -7.64. The van der Waals surface area contributed by atoms with E-state index in [-0.39, 0.29) is 12.5 Å². The van der Waals surface area contributed by atoms with E-state index >= 15 is 0 Å². The third kappa shape index (κ3) is 6.32. The van der Waals surface area contributed by atoms with E-state index in [0.717, 1.165) is 22.3 Å². The van der Waals surface area contributed by atoms with Crippen molar-refractivity contribution < 1.29 is 34.1 Å². The van der Waals surface area contributed by atoms with E-state index in [9.17, 15) is 29.4 Å². The van der Waals surface area contributed by atoms with Gasteiger partial charge in [0.05, 0.1) is 5.92 Å². The number of hydrogen-bond acceptors (Lipinski definition) is 5. The molecule has 1 aliphatic rings. The fourth-order valence-electron chi connectivity index (χ4n) is 5.68. The first-order valence-corrected chi connectivity index (χ1v) is 13.2. The Balaban J connectivity index is 1.78. The number of carboxylic acid groups (broad SMARTS) is 2. The second-order valence-electron chi connectivity index (χ2n) is 12.5. The fraction of sp³-hybridized carbons (Fsp3) is 0.484. The van der Waals surface area contributed by atoms with E-state index in [1.807, 2.05) is 48.5 Å². The van der Waals surface area contributed by atoms with Crippen molar-refractivity contribution in [2.45, 2.75) is 60.4 Å². The van der Waals surface area contributed by atoms with Gasteiger partial charge in [-0.15, -0.1) is 0 Å². The number of carbonyl (C=O) groups excluding carboxylic acids is 2. The van der Waals surface area contributed by atoms with Crippen LogP contribution in [0.25, 0.3) is 11.1 Å². The molecule has 3 N–H and O–H groups in total. The number of fused-ring (bicyclic) bond motifs is 3. The average Bonchev–Trinajstić information content (AvgIpc) is 3.15. The lowest BCUT2D eigenvalue weighted by molar-refractivity contribution is -0.160. The van der Waals surface area contributed by atoms with E-state index in [4.69, 9.17) is 4.74 Å². The van der Waals surface area contributed by atoms with Crippen molar-refractivity contribution in [1.29, 1.82) is 0 Å². The molecule has 4 unspecified atom stereocenters. The number of benzene rings is 2. The Hall–Kier alpha value is -3.68. The van der Waals surface area contributed by atoms with E-state index in [2.05, 4.69) is 5.32 Å². The summed E-state index contributed by atoms with van der Waals surface area (Å²) in [5, 5.41) is 22.6. The van der Waals surface area contributed by atoms with E-state index in [0.29, 0.717) is 0 Å². The summed E-state index contributed by atoms with van der Waals surface area (Å²) in [6.45, 7) is 11.8. The number of ether oxygens (including phenoxy) is 1. The number of amides is 1. The Kier molecular flexibility index (Phi) is 8.58. The van der Waals surface area contributed by atoms with Crippen LogP contribution in [0.5, 0.6) is 0 Å². The van der Waals surface area contributed by atoms with Crippen LogP contribution >= 0.6 is 0 Å². The van der Waals surface area contributed by atoms with Crippen molar-refractivity contribution in [2.75, 3.05) is 6.61 Å². The highest BCUT2D eigenvalue weighted by molar-refractivity contribution is 5.99. The van der Waals surface area contributed by atoms with Gasteiger partial charge in [0, 0.05) is 11.8 Å². The first-order chi connectivity index (χ1) is 18.1. The molecule has 4 atom stereocenters. The highest BCUT2D eigenvalue weighted by Crippen LogP contribution is 2.45. The van der Waals surface area contributed by atoms with Gasteiger partial charge in [-0.1, -0.05) is 90.1 Å². The third-order valence-electron chi connectivity index (χ3n) is 7.58. The largest absolute Gasteiger partial charge is 0.481 e. The van der Waals surface area contributed by atoms with Crippen molar-refractivity contribution in [3.8, 4) is 11.1 Å². The molecule has 0 aliphatic heterocycles. The van der Waals surface area contributed by atoms with Gasteiger partial charge in [-0.3, -0.25) is 14.4 Å². The number of rotatable bonds is 9. The van der Waals surface area contributed by atoms with Gasteiger partial charge >= 0.3 is 17.9 Å². The topological polar surface area (TPSA) is 130 Å². The van der Waals surface area contributed by atoms with Crippen LogP contribution in [-0.2, 0) is 23.9 Å². The molecule has 2 aromatic rings. The molecule has 0 aromatic heterocycles. The van der Waals surface area contributed by atoms with Crippen molar-refractivity contribution >= 4 is 23.8 Å². The van der Waals surface area contributed by atoms with Gasteiger partial charge in [-0.05, 0) is 40.0 Å². The Morgan fingerprint density at radius 2 is 1.31 bits per heavy atom. The Bertz CT molecular complexity index is 1210. The molecule has 0 spiro atoms. The van der Waals surface area contributed by atoms with Crippen LogP contribution in [0.3, 0.4) is 0 Å². The smallest absolute Gasteiger partial charge is 0.326 e. The second-order valence-corrected chi connectivity index (χ2v) is 12.5. The molecule has 210 valence electrons. The first-order valence-electron chi connectivity index (χ1n) is 13.2. The minimum atomic E-state index is -1.53. The highest BCUT2D eigenvalue weighted by Gasteiger charge is 2.50. The van der Waals surface area contributed by atoms with E-state index in [1.165, 1.54) is 6.92 Å². The quantitative estimate of drug-likeness (QED) is 0.305. The SMILES string of the molecule is CC(C(=O)NC(C(=O)O)C(C(C(=O)O)C(C)(C)C)C(C)(C)C)C(=O)OCC1c2ccccc2-c2ccccc21. The van der Waals surface area contributed by atoms with Crippen molar-refractivity contribution in [3.63, 3.8) is 0 Å². The normalized spacial score (nSPS) is 16.3. The monoisotopic (exact) mass is 537 g/mol. The van der Waals surface area contributed by atoms with Gasteiger partial charge < -0.3 is 20.3 Å². The van der Waals surface area contributed by atoms with Crippen LogP contribution in [0, 0.1) is 28.6 Å². The number of esters is 1. The lowest BCUT2D eigenvalue weighted by atomic mass is 9.61. The Morgan fingerprint density at radius 1 is 0.821 bits per heavy atom. The average molecular weight is 538 g/mol. The van der Waals surface area contributed by atoms with Crippen LogP contribution in [0.2, 0.25) is 0 Å². The molecule has 0 heterocycles. The molecular formula is C31H39NO7. The zero-order chi connectivity index (χ0) is 29.3. The molecule has 39 heavy (non-hydrogen) atoms. The Morgan fingerprint density at radius 3 is 1.72 bits per heavy atom. The maximum Gasteiger partial charge on any atom is 0.326 e. The zero-order valence-corrected chi connectivity index (χ0v) is 23.6. The first kappa shape index (κ1) is 29.9. The van der Waals surface area contributed by atoms with Crippen molar-refractivity contribution in [1.82, 2.24) is 5.32 Å². The van der Waals surface area contributed by atoms with Crippen LogP contribution < -0.4 is 5.32 Å². The van der Waals surface area contributed by atoms with Crippen LogP contribution in [-0.4, -0.2) is 46.7 Å². The molecule has 0 fully saturated rings. The summed E-state index contributed by atoms with van der Waals surface area (Å²) in [5.41, 5.74) is 2.63. The number of aliphatic carboxylic acids is 2. The molecule has 3 rings (SSSR count). The van der Waals surface area contributed by atoms with Gasteiger partial charge in [0.25, 0.3) is 0 Å². The number of hydrogen-bond donors (Lipinski definition) is 3. The predicted octanol–water partition coefficient (Wildman–Crippen LogP) is 4.96. The van der Waals surface area contributed by atoms with Gasteiger partial charge in [-0.25, -0.2) is 4.79 Å². The van der Waals surface area contributed by atoms with Gasteiger partial charge in [0.2, 0.25) is 5.91 Å². The third-order valence-corrected chi connectivity index (χ3v) is 7.58. The summed E-state index contributed by atoms with van der Waals surface area (Å²) in [7, 11) is 0. The summed E-state index contributed by atoms with van der Waals surface area (Å²) >= 11 is 0. The molecule has 8 nitrogen and oxygen atoms in total. The van der Waals surface area contributed by atoms with Crippen LogP contribution in [0.4, 0.5) is 0 Å². The maximum absolute atomic E-state index is 13.1. The Labute approximate surface area is 229 Å². The van der Waals surface area contributed by atoms with Crippen LogP contribution in [0.15, 0.2) is 48.5 Å². The van der Waals surface area contributed by atoms with Gasteiger partial charge in [0.15, 0.2) is 0 Å². The van der Waals surface area contributed by atoms with Gasteiger partial charge in [-0.2, -0.15) is 0 Å². The van der Waals surface area contributed by atoms with E-state index < -0.39 is 58.4 Å². The summed E-state index contributed by atoms with van der Waals surface area (Å²) in [6, 6.07) is 14.2. The number of carboxylic acids is 2. The minimum absolute atomic E-state index is 0.0303. The minimum Gasteiger partial charge on any atom is -0.481 e. The van der Waals surface area contributed by atoms with Gasteiger partial charge in [0.1, 0.15) is 18.6 Å². The highest BCUT2D eigenvalue weighted by atomic mass is 16.5. The molecule has 0 bridgehead atoms. The second kappa shape index (κ2) is 11.2. The standard InChI is InChI=1S/C31H39NO7/c1-17(26(33)32-25(28(36)37)23(30(2,3)4)24(27(34)35)31(5,6)7)29(38)39-16-22-20-14-10-8-12-18(20)19-13-9-11-15-21(19)22/h8-15,17,22-25H,16H2,1-7H3,(H,32,33)(H,34,35)(H,36,37). The van der Waals surface area contributed by atoms with E-state index in [1.54, 1.807) is 41.5 Å².